The molecule has 2 aliphatic heterocycles. The molecule has 0 fully saturated rings. The van der Waals surface area contributed by atoms with Gasteiger partial charge in [-0.3, -0.25) is 4.99 Å². The van der Waals surface area contributed by atoms with Gasteiger partial charge in [0.2, 0.25) is 0 Å². The Bertz CT molecular complexity index is 455. The third-order valence-electron chi connectivity index (χ3n) is 3.42. The Hall–Kier alpha value is -1.65. The molecule has 1 N–H and O–H groups in total. The summed E-state index contributed by atoms with van der Waals surface area (Å²) in [5.74, 6) is 1.84. The van der Waals surface area contributed by atoms with Crippen molar-refractivity contribution in [2.24, 2.45) is 4.99 Å². The van der Waals surface area contributed by atoms with Gasteiger partial charge in [-0.2, -0.15) is 0 Å². The van der Waals surface area contributed by atoms with Crippen LogP contribution in [-0.2, 0) is 0 Å². The van der Waals surface area contributed by atoms with Gasteiger partial charge in [0.15, 0.2) is 11.7 Å². The van der Waals surface area contributed by atoms with Gasteiger partial charge in [0.1, 0.15) is 11.4 Å². The molecule has 84 valence electrons. The number of aliphatic imine (C=N–C) groups is 1. The van der Waals surface area contributed by atoms with Crippen molar-refractivity contribution in [2.45, 2.75) is 25.9 Å². The van der Waals surface area contributed by atoms with Crippen LogP contribution in [0.1, 0.15) is 26.0 Å². The highest BCUT2D eigenvalue weighted by atomic mass is 15.4. The molecular weight excluding hydrogens is 202 g/mol. The van der Waals surface area contributed by atoms with E-state index < -0.39 is 0 Å². The van der Waals surface area contributed by atoms with Gasteiger partial charge in [-0.1, -0.05) is 6.92 Å². The van der Waals surface area contributed by atoms with Gasteiger partial charge in [-0.05, 0) is 13.3 Å². The summed E-state index contributed by atoms with van der Waals surface area (Å²) in [6.45, 7) is 6.17. The summed E-state index contributed by atoms with van der Waals surface area (Å²) in [5, 5.41) is 3.47. The molecule has 0 aromatic carbocycles. The van der Waals surface area contributed by atoms with E-state index in [1.165, 1.54) is 0 Å². The molecule has 3 heterocycles. The number of hydrogen-bond donors (Lipinski definition) is 1. The fraction of sp³-hybridized carbons (Fsp3) is 0.545. The fourth-order valence-electron chi connectivity index (χ4n) is 2.33. The lowest BCUT2D eigenvalue weighted by Crippen LogP contribution is -2.57. The van der Waals surface area contributed by atoms with Crippen LogP contribution in [0.3, 0.4) is 0 Å². The number of aromatic nitrogens is 2. The summed E-state index contributed by atoms with van der Waals surface area (Å²) in [5.41, 5.74) is 0.796. The predicted molar refractivity (Wildman–Crippen MR) is 62.5 cm³/mol. The Kier molecular flexibility index (Phi) is 1.89. The quantitative estimate of drug-likeness (QED) is 0.765. The highest BCUT2D eigenvalue weighted by Gasteiger charge is 2.41. The molecule has 5 heteroatoms. The Labute approximate surface area is 94.6 Å². The van der Waals surface area contributed by atoms with Gasteiger partial charge in [0.05, 0.1) is 6.54 Å². The van der Waals surface area contributed by atoms with Crippen LogP contribution in [0, 0.1) is 0 Å². The van der Waals surface area contributed by atoms with E-state index in [0.29, 0.717) is 0 Å². The number of rotatable bonds is 1. The van der Waals surface area contributed by atoms with Crippen LogP contribution in [0.15, 0.2) is 17.4 Å². The molecule has 0 saturated carbocycles. The van der Waals surface area contributed by atoms with Crippen molar-refractivity contribution in [3.63, 3.8) is 0 Å². The van der Waals surface area contributed by atoms with Crippen molar-refractivity contribution in [3.05, 3.63) is 18.1 Å². The second kappa shape index (κ2) is 3.17. The second-order valence-electron chi connectivity index (χ2n) is 4.36. The molecule has 0 spiro atoms. The summed E-state index contributed by atoms with van der Waals surface area (Å²) in [4.78, 5) is 15.5. The van der Waals surface area contributed by atoms with E-state index in [0.717, 1.165) is 36.9 Å². The van der Waals surface area contributed by atoms with Crippen LogP contribution in [0.5, 0.6) is 0 Å². The van der Waals surface area contributed by atoms with E-state index in [-0.39, 0.29) is 5.66 Å². The van der Waals surface area contributed by atoms with Crippen LogP contribution in [0.2, 0.25) is 0 Å². The van der Waals surface area contributed by atoms with E-state index in [2.05, 4.69) is 39.0 Å². The van der Waals surface area contributed by atoms with Crippen molar-refractivity contribution in [1.82, 2.24) is 14.9 Å². The number of amidine groups is 1. The predicted octanol–water partition coefficient (Wildman–Crippen LogP) is 1.09. The minimum Gasteiger partial charge on any atom is -0.346 e. The average molecular weight is 217 g/mol. The molecule has 16 heavy (non-hydrogen) atoms. The summed E-state index contributed by atoms with van der Waals surface area (Å²) < 4.78 is 0. The molecule has 0 amide bonds. The first-order chi connectivity index (χ1) is 7.74. The molecular formula is C11H15N5. The molecule has 0 bridgehead atoms. The van der Waals surface area contributed by atoms with Gasteiger partial charge in [-0.25, -0.2) is 9.97 Å². The topological polar surface area (TPSA) is 53.4 Å². The molecule has 5 nitrogen and oxygen atoms in total. The molecule has 1 atom stereocenters. The van der Waals surface area contributed by atoms with Gasteiger partial charge in [-0.15, -0.1) is 0 Å². The van der Waals surface area contributed by atoms with E-state index in [9.17, 15) is 0 Å². The van der Waals surface area contributed by atoms with E-state index in [1.54, 1.807) is 12.4 Å². The zero-order valence-corrected chi connectivity index (χ0v) is 9.56. The molecule has 1 aromatic heterocycles. The Balaban J connectivity index is 2.15. The van der Waals surface area contributed by atoms with Gasteiger partial charge >= 0.3 is 0 Å². The van der Waals surface area contributed by atoms with Crippen LogP contribution >= 0.6 is 0 Å². The lowest BCUT2D eigenvalue weighted by Gasteiger charge is -2.44. The molecule has 0 aliphatic carbocycles. The molecule has 2 aliphatic rings. The Morgan fingerprint density at radius 2 is 2.25 bits per heavy atom. The number of nitrogens with one attached hydrogen (secondary N) is 1. The zero-order chi connectivity index (χ0) is 11.2. The van der Waals surface area contributed by atoms with Crippen LogP contribution in [0.4, 0.5) is 5.82 Å². The monoisotopic (exact) mass is 217 g/mol. The summed E-state index contributed by atoms with van der Waals surface area (Å²) >= 11 is 0. The third kappa shape index (κ3) is 1.14. The van der Waals surface area contributed by atoms with E-state index in [1.807, 2.05) is 0 Å². The lowest BCUT2D eigenvalue weighted by molar-refractivity contribution is 0.229. The number of nitrogens with zero attached hydrogens (tertiary/aromatic N) is 4. The minimum atomic E-state index is -0.0850. The maximum Gasteiger partial charge on any atom is 0.157 e. The lowest BCUT2D eigenvalue weighted by atomic mass is 10.0. The molecule has 3 rings (SSSR count). The normalized spacial score (nSPS) is 26.9. The van der Waals surface area contributed by atoms with Crippen molar-refractivity contribution in [3.8, 4) is 0 Å². The third-order valence-corrected chi connectivity index (χ3v) is 3.42. The highest BCUT2D eigenvalue weighted by Crippen LogP contribution is 2.32. The Morgan fingerprint density at radius 3 is 3.06 bits per heavy atom. The summed E-state index contributed by atoms with van der Waals surface area (Å²) in [6.07, 6.45) is 4.43. The van der Waals surface area contributed by atoms with Gasteiger partial charge in [0, 0.05) is 18.9 Å². The number of fused-ring (bicyclic) bond motifs is 3. The first-order valence-electron chi connectivity index (χ1n) is 5.66. The number of anilines is 1. The first kappa shape index (κ1) is 9.57. The summed E-state index contributed by atoms with van der Waals surface area (Å²) in [6, 6.07) is 0. The minimum absolute atomic E-state index is 0.0850. The smallest absolute Gasteiger partial charge is 0.157 e. The SMILES string of the molecule is CC[C@@]1(C)Nc2nccnc2C2=NCCN21. The van der Waals surface area contributed by atoms with Crippen molar-refractivity contribution < 1.29 is 0 Å². The average Bonchev–Trinajstić information content (AvgIpc) is 2.79. The maximum absolute atomic E-state index is 4.54. The largest absolute Gasteiger partial charge is 0.346 e. The molecule has 0 radical (unpaired) electrons. The van der Waals surface area contributed by atoms with Gasteiger partial charge < -0.3 is 10.2 Å². The van der Waals surface area contributed by atoms with Crippen LogP contribution in [-0.4, -0.2) is 39.5 Å². The van der Waals surface area contributed by atoms with Crippen LogP contribution in [0.25, 0.3) is 0 Å². The number of hydrogen-bond acceptors (Lipinski definition) is 5. The first-order valence-corrected chi connectivity index (χ1v) is 5.66. The fourth-order valence-corrected chi connectivity index (χ4v) is 2.33. The van der Waals surface area contributed by atoms with Gasteiger partial charge in [0.25, 0.3) is 0 Å². The zero-order valence-electron chi connectivity index (χ0n) is 9.56. The molecule has 0 unspecified atom stereocenters. The second-order valence-corrected chi connectivity index (χ2v) is 4.36. The van der Waals surface area contributed by atoms with E-state index >= 15 is 0 Å². The molecule has 0 saturated heterocycles. The van der Waals surface area contributed by atoms with Crippen LogP contribution < -0.4 is 5.32 Å². The standard InChI is InChI=1S/C11H15N5/c1-3-11(2)15-9-8(12-4-5-13-9)10-14-6-7-16(10)11/h4-5H,3,6-7H2,1-2H3,(H,13,15)/t11-/m0/s1. The maximum atomic E-state index is 4.54. The van der Waals surface area contributed by atoms with Crippen molar-refractivity contribution >= 4 is 11.7 Å². The Morgan fingerprint density at radius 1 is 1.44 bits per heavy atom. The highest BCUT2D eigenvalue weighted by molar-refractivity contribution is 6.04. The van der Waals surface area contributed by atoms with Crippen molar-refractivity contribution in [2.75, 3.05) is 18.4 Å². The van der Waals surface area contributed by atoms with Crippen molar-refractivity contribution in [1.29, 1.82) is 0 Å². The summed E-state index contributed by atoms with van der Waals surface area (Å²) in [7, 11) is 0. The molecule has 1 aromatic rings. The van der Waals surface area contributed by atoms with E-state index in [4.69, 9.17) is 0 Å².